The lowest BCUT2D eigenvalue weighted by Gasteiger charge is -2.07. The summed E-state index contributed by atoms with van der Waals surface area (Å²) in [5.74, 6) is 5.94. The van der Waals surface area contributed by atoms with E-state index < -0.39 is 9.84 Å². The van der Waals surface area contributed by atoms with E-state index in [0.29, 0.717) is 5.69 Å². The van der Waals surface area contributed by atoms with Crippen LogP contribution in [0.4, 0.5) is 0 Å². The van der Waals surface area contributed by atoms with Crippen LogP contribution in [0.5, 0.6) is 0 Å². The van der Waals surface area contributed by atoms with Crippen LogP contribution < -0.4 is 0 Å². The lowest BCUT2D eigenvalue weighted by molar-refractivity contribution is 0.319. The fourth-order valence-electron chi connectivity index (χ4n) is 2.60. The molecule has 0 aliphatic rings. The van der Waals surface area contributed by atoms with Crippen LogP contribution in [0.2, 0.25) is 0 Å². The molecular formula is C22H19NO3S. The van der Waals surface area contributed by atoms with E-state index in [1.807, 2.05) is 43.3 Å². The summed E-state index contributed by atoms with van der Waals surface area (Å²) in [6.07, 6.45) is 1.71. The molecule has 1 aromatic heterocycles. The van der Waals surface area contributed by atoms with Gasteiger partial charge in [0.25, 0.3) is 0 Å². The van der Waals surface area contributed by atoms with Crippen LogP contribution >= 0.6 is 0 Å². The highest BCUT2D eigenvalue weighted by atomic mass is 32.2. The van der Waals surface area contributed by atoms with E-state index in [-0.39, 0.29) is 17.3 Å². The molecule has 1 heterocycles. The zero-order valence-electron chi connectivity index (χ0n) is 14.9. The second-order valence-electron chi connectivity index (χ2n) is 6.06. The Hall–Kier alpha value is -2.94. The van der Waals surface area contributed by atoms with Gasteiger partial charge < -0.3 is 5.11 Å². The molecule has 3 rings (SSSR count). The summed E-state index contributed by atoms with van der Waals surface area (Å²) in [5.41, 5.74) is 4.52. The molecule has 4 nitrogen and oxygen atoms in total. The van der Waals surface area contributed by atoms with Crippen molar-refractivity contribution in [3.05, 3.63) is 83.7 Å². The van der Waals surface area contributed by atoms with Gasteiger partial charge in [-0.1, -0.05) is 36.3 Å². The van der Waals surface area contributed by atoms with Crippen molar-refractivity contribution in [1.82, 2.24) is 4.98 Å². The normalized spacial score (nSPS) is 10.9. The average Bonchev–Trinajstić information content (AvgIpc) is 2.68. The summed E-state index contributed by atoms with van der Waals surface area (Å²) < 4.78 is 24.0. The van der Waals surface area contributed by atoms with Crippen molar-refractivity contribution in [2.24, 2.45) is 0 Å². The van der Waals surface area contributed by atoms with Crippen LogP contribution in [0.1, 0.15) is 16.8 Å². The van der Waals surface area contributed by atoms with Gasteiger partial charge in [0.1, 0.15) is 5.69 Å². The lowest BCUT2D eigenvalue weighted by Crippen LogP contribution is -2.09. The molecule has 2 aromatic carbocycles. The molecule has 0 saturated carbocycles. The molecule has 1 N–H and O–H groups in total. The number of benzene rings is 2. The van der Waals surface area contributed by atoms with Gasteiger partial charge in [-0.2, -0.15) is 0 Å². The number of aliphatic hydroxyl groups is 1. The third-order valence-corrected chi connectivity index (χ3v) is 5.84. The molecule has 0 bridgehead atoms. The molecule has 27 heavy (non-hydrogen) atoms. The zero-order valence-corrected chi connectivity index (χ0v) is 15.7. The van der Waals surface area contributed by atoms with Crippen molar-refractivity contribution >= 4 is 9.84 Å². The first kappa shape index (κ1) is 18.8. The second kappa shape index (κ2) is 8.17. The molecule has 0 unspecified atom stereocenters. The molecule has 136 valence electrons. The van der Waals surface area contributed by atoms with Crippen molar-refractivity contribution in [2.75, 3.05) is 12.4 Å². The lowest BCUT2D eigenvalue weighted by atomic mass is 10.00. The maximum Gasteiger partial charge on any atom is 0.180 e. The van der Waals surface area contributed by atoms with Crippen molar-refractivity contribution < 1.29 is 13.5 Å². The molecule has 5 heteroatoms. The largest absolute Gasteiger partial charge is 0.395 e. The predicted molar refractivity (Wildman–Crippen MR) is 106 cm³/mol. The van der Waals surface area contributed by atoms with Gasteiger partial charge in [0.2, 0.25) is 0 Å². The fourth-order valence-corrected chi connectivity index (χ4v) is 3.62. The highest BCUT2D eigenvalue weighted by Gasteiger charge is 2.13. The first-order valence-corrected chi connectivity index (χ1v) is 10.1. The molecule has 0 aliphatic carbocycles. The first-order valence-electron chi connectivity index (χ1n) is 8.47. The molecule has 0 aliphatic heterocycles. The fraction of sp³-hybridized carbons (Fsp3) is 0.136. The van der Waals surface area contributed by atoms with Crippen LogP contribution in [0.25, 0.3) is 11.1 Å². The summed E-state index contributed by atoms with van der Waals surface area (Å²) in [6.45, 7) is 1.61. The van der Waals surface area contributed by atoms with Crippen LogP contribution in [0.15, 0.2) is 71.8 Å². The minimum Gasteiger partial charge on any atom is -0.395 e. The third kappa shape index (κ3) is 4.62. The predicted octanol–water partition coefficient (Wildman–Crippen LogP) is 3.22. The van der Waals surface area contributed by atoms with E-state index in [1.165, 1.54) is 0 Å². The number of sulfone groups is 1. The zero-order chi connectivity index (χ0) is 19.3. The number of rotatable bonds is 4. The molecular weight excluding hydrogens is 358 g/mol. The summed E-state index contributed by atoms with van der Waals surface area (Å²) in [5, 5.41) is 8.89. The molecule has 0 spiro atoms. The van der Waals surface area contributed by atoms with Crippen LogP contribution in [-0.2, 0) is 9.84 Å². The van der Waals surface area contributed by atoms with Gasteiger partial charge in [0.05, 0.1) is 17.3 Å². The van der Waals surface area contributed by atoms with Gasteiger partial charge in [0.15, 0.2) is 9.84 Å². The monoisotopic (exact) mass is 377 g/mol. The number of hydrogen-bond donors (Lipinski definition) is 1. The summed E-state index contributed by atoms with van der Waals surface area (Å²) in [4.78, 5) is 4.41. The highest BCUT2D eigenvalue weighted by molar-refractivity contribution is 7.91. The number of aromatic nitrogens is 1. The SMILES string of the molecule is Cc1ccc(-c2ccc(S(=O)(=O)CCO)cc2)cc1C#Cc1ccccn1. The maximum atomic E-state index is 12.0. The van der Waals surface area contributed by atoms with Gasteiger partial charge in [-0.25, -0.2) is 13.4 Å². The highest BCUT2D eigenvalue weighted by Crippen LogP contribution is 2.24. The number of aliphatic hydroxyl groups excluding tert-OH is 1. The van der Waals surface area contributed by atoms with E-state index >= 15 is 0 Å². The van der Waals surface area contributed by atoms with Crippen LogP contribution in [0, 0.1) is 18.8 Å². The van der Waals surface area contributed by atoms with Crippen molar-refractivity contribution in [3.8, 4) is 23.0 Å². The quantitative estimate of drug-likeness (QED) is 0.709. The van der Waals surface area contributed by atoms with E-state index in [9.17, 15) is 8.42 Å². The van der Waals surface area contributed by atoms with Gasteiger partial charge >= 0.3 is 0 Å². The Balaban J connectivity index is 1.91. The minimum absolute atomic E-state index is 0.211. The Labute approximate surface area is 159 Å². The van der Waals surface area contributed by atoms with Gasteiger partial charge in [-0.15, -0.1) is 0 Å². The Morgan fingerprint density at radius 2 is 1.70 bits per heavy atom. The average molecular weight is 377 g/mol. The molecule has 3 aromatic rings. The molecule has 0 fully saturated rings. The van der Waals surface area contributed by atoms with Crippen LogP contribution in [-0.4, -0.2) is 30.9 Å². The van der Waals surface area contributed by atoms with Crippen molar-refractivity contribution in [1.29, 1.82) is 0 Å². The molecule has 0 atom stereocenters. The first-order chi connectivity index (χ1) is 13.0. The van der Waals surface area contributed by atoms with E-state index in [2.05, 4.69) is 16.8 Å². The summed E-state index contributed by atoms with van der Waals surface area (Å²) in [6, 6.07) is 18.2. The maximum absolute atomic E-state index is 12.0. The number of hydrogen-bond acceptors (Lipinski definition) is 4. The van der Waals surface area contributed by atoms with Gasteiger partial charge in [-0.3, -0.25) is 0 Å². The molecule has 0 amide bonds. The van der Waals surface area contributed by atoms with Gasteiger partial charge in [0, 0.05) is 11.8 Å². The minimum atomic E-state index is -3.44. The topological polar surface area (TPSA) is 67.3 Å². The Kier molecular flexibility index (Phi) is 5.70. The number of pyridine rings is 1. The Morgan fingerprint density at radius 1 is 0.963 bits per heavy atom. The van der Waals surface area contributed by atoms with E-state index in [0.717, 1.165) is 22.3 Å². The van der Waals surface area contributed by atoms with E-state index in [4.69, 9.17) is 5.11 Å². The number of aryl methyl sites for hydroxylation is 1. The Bertz CT molecular complexity index is 1090. The third-order valence-electron chi connectivity index (χ3n) is 4.13. The molecule has 0 saturated heterocycles. The smallest absolute Gasteiger partial charge is 0.180 e. The van der Waals surface area contributed by atoms with Gasteiger partial charge in [-0.05, 0) is 59.9 Å². The summed E-state index contributed by atoms with van der Waals surface area (Å²) in [7, 11) is -3.44. The van der Waals surface area contributed by atoms with Crippen LogP contribution in [0.3, 0.4) is 0 Å². The van der Waals surface area contributed by atoms with Crippen molar-refractivity contribution in [2.45, 2.75) is 11.8 Å². The van der Waals surface area contributed by atoms with Crippen molar-refractivity contribution in [3.63, 3.8) is 0 Å². The standard InChI is InChI=1S/C22H19NO3S/c1-17-5-6-20(16-19(17)7-10-21-4-2-3-13-23-21)18-8-11-22(12-9-18)27(25,26)15-14-24/h2-6,8-9,11-13,16,24H,14-15H2,1H3. The second-order valence-corrected chi connectivity index (χ2v) is 8.17. The number of nitrogens with zero attached hydrogens (tertiary/aromatic N) is 1. The summed E-state index contributed by atoms with van der Waals surface area (Å²) >= 11 is 0. The Morgan fingerprint density at radius 3 is 2.37 bits per heavy atom. The van der Waals surface area contributed by atoms with E-state index in [1.54, 1.807) is 30.5 Å². The molecule has 0 radical (unpaired) electrons.